The number of hydrogen-bond acceptors (Lipinski definition) is 3. The molecule has 2 aromatic carbocycles. The normalized spacial score (nSPS) is 20.5. The van der Waals surface area contributed by atoms with Gasteiger partial charge in [-0.1, -0.05) is 29.8 Å². The first-order chi connectivity index (χ1) is 11.2. The van der Waals surface area contributed by atoms with Crippen molar-refractivity contribution in [1.82, 2.24) is 0 Å². The lowest BCUT2D eigenvalue weighted by Gasteiger charge is -2.20. The molecule has 0 saturated carbocycles. The standard InChI is InChI=1S/C18H13F3O3/c1-9-3-5-10(6-4-9)16-15(17(22)24-18(16,2)23)14-12(20)7-11(19)8-13(14)21/h3-8,23H,1-2H3. The highest BCUT2D eigenvalue weighted by Crippen LogP contribution is 2.43. The third-order valence-electron chi connectivity index (χ3n) is 3.81. The van der Waals surface area contributed by atoms with Gasteiger partial charge in [0.1, 0.15) is 17.5 Å². The van der Waals surface area contributed by atoms with Gasteiger partial charge in [0.25, 0.3) is 0 Å². The zero-order valence-electron chi connectivity index (χ0n) is 12.9. The van der Waals surface area contributed by atoms with Crippen LogP contribution in [0.3, 0.4) is 0 Å². The van der Waals surface area contributed by atoms with Crippen molar-refractivity contribution < 1.29 is 27.8 Å². The fourth-order valence-corrected chi connectivity index (χ4v) is 2.76. The third-order valence-corrected chi connectivity index (χ3v) is 3.81. The quantitative estimate of drug-likeness (QED) is 0.854. The van der Waals surface area contributed by atoms with Crippen LogP contribution in [0.15, 0.2) is 36.4 Å². The molecule has 0 radical (unpaired) electrons. The molecule has 0 saturated heterocycles. The van der Waals surface area contributed by atoms with E-state index in [0.29, 0.717) is 17.7 Å². The lowest BCUT2D eigenvalue weighted by atomic mass is 9.91. The van der Waals surface area contributed by atoms with Gasteiger partial charge in [0.05, 0.1) is 11.1 Å². The van der Waals surface area contributed by atoms with Crippen LogP contribution in [0.2, 0.25) is 0 Å². The summed E-state index contributed by atoms with van der Waals surface area (Å²) in [7, 11) is 0. The van der Waals surface area contributed by atoms with Crippen LogP contribution >= 0.6 is 0 Å². The predicted octanol–water partition coefficient (Wildman–Crippen LogP) is 3.59. The summed E-state index contributed by atoms with van der Waals surface area (Å²) in [4.78, 5) is 12.2. The first kappa shape index (κ1) is 16.3. The number of ether oxygens (including phenoxy) is 1. The molecule has 0 aliphatic carbocycles. The molecular formula is C18H13F3O3. The SMILES string of the molecule is Cc1ccc(C2=C(c3c(F)cc(F)cc3F)C(=O)OC2(C)O)cc1. The largest absolute Gasteiger partial charge is 0.425 e. The van der Waals surface area contributed by atoms with E-state index >= 15 is 0 Å². The molecule has 1 aliphatic rings. The van der Waals surface area contributed by atoms with E-state index in [9.17, 15) is 23.1 Å². The molecule has 0 fully saturated rings. The average molecular weight is 334 g/mol. The van der Waals surface area contributed by atoms with Crippen LogP contribution in [0, 0.1) is 24.4 Å². The number of aryl methyl sites for hydroxylation is 1. The summed E-state index contributed by atoms with van der Waals surface area (Å²) in [6, 6.07) is 7.57. The van der Waals surface area contributed by atoms with Gasteiger partial charge in [-0.05, 0) is 12.5 Å². The van der Waals surface area contributed by atoms with Crippen LogP contribution in [0.4, 0.5) is 13.2 Å². The van der Waals surface area contributed by atoms with Crippen molar-refractivity contribution in [2.45, 2.75) is 19.6 Å². The van der Waals surface area contributed by atoms with E-state index in [1.165, 1.54) is 6.92 Å². The number of benzene rings is 2. The Labute approximate surface area is 136 Å². The Bertz CT molecular complexity index is 845. The molecule has 2 aromatic rings. The highest BCUT2D eigenvalue weighted by molar-refractivity contribution is 6.28. The van der Waals surface area contributed by atoms with Crippen LogP contribution in [-0.2, 0) is 9.53 Å². The number of esters is 1. The number of carbonyl (C=O) groups excluding carboxylic acids is 1. The van der Waals surface area contributed by atoms with Gasteiger partial charge in [0, 0.05) is 24.6 Å². The molecule has 1 atom stereocenters. The van der Waals surface area contributed by atoms with E-state index in [1.54, 1.807) is 24.3 Å². The van der Waals surface area contributed by atoms with E-state index in [4.69, 9.17) is 4.74 Å². The fourth-order valence-electron chi connectivity index (χ4n) is 2.76. The van der Waals surface area contributed by atoms with Crippen molar-refractivity contribution >= 4 is 17.1 Å². The molecule has 0 spiro atoms. The third kappa shape index (κ3) is 2.59. The van der Waals surface area contributed by atoms with Crippen molar-refractivity contribution in [3.8, 4) is 0 Å². The van der Waals surface area contributed by atoms with Gasteiger partial charge in [-0.25, -0.2) is 18.0 Å². The topological polar surface area (TPSA) is 46.5 Å². The van der Waals surface area contributed by atoms with E-state index < -0.39 is 40.3 Å². The second kappa shape index (κ2) is 5.49. The van der Waals surface area contributed by atoms with Crippen LogP contribution < -0.4 is 0 Å². The highest BCUT2D eigenvalue weighted by atomic mass is 19.1. The number of carbonyl (C=O) groups is 1. The van der Waals surface area contributed by atoms with Crippen LogP contribution in [0.5, 0.6) is 0 Å². The first-order valence-corrected chi connectivity index (χ1v) is 7.13. The van der Waals surface area contributed by atoms with Crippen molar-refractivity contribution in [1.29, 1.82) is 0 Å². The summed E-state index contributed by atoms with van der Waals surface area (Å²) >= 11 is 0. The molecule has 0 aromatic heterocycles. The van der Waals surface area contributed by atoms with Gasteiger partial charge < -0.3 is 9.84 Å². The molecular weight excluding hydrogens is 321 g/mol. The molecule has 1 unspecified atom stereocenters. The summed E-state index contributed by atoms with van der Waals surface area (Å²) in [5.41, 5.74) is 0.0324. The maximum Gasteiger partial charge on any atom is 0.342 e. The van der Waals surface area contributed by atoms with E-state index in [-0.39, 0.29) is 5.57 Å². The summed E-state index contributed by atoms with van der Waals surface area (Å²) in [5, 5.41) is 10.4. The van der Waals surface area contributed by atoms with Gasteiger partial charge in [-0.2, -0.15) is 0 Å². The maximum atomic E-state index is 14.1. The minimum absolute atomic E-state index is 0.0723. The Hall–Kier alpha value is -2.60. The number of cyclic esters (lactones) is 1. The van der Waals surface area contributed by atoms with Crippen molar-refractivity contribution in [2.24, 2.45) is 0 Å². The summed E-state index contributed by atoms with van der Waals surface area (Å²) < 4.78 is 46.3. The lowest BCUT2D eigenvalue weighted by Crippen LogP contribution is -2.26. The molecule has 1 heterocycles. The summed E-state index contributed by atoms with van der Waals surface area (Å²) in [6.45, 7) is 3.04. The van der Waals surface area contributed by atoms with Crippen molar-refractivity contribution in [3.63, 3.8) is 0 Å². The monoisotopic (exact) mass is 334 g/mol. The number of aliphatic hydroxyl groups is 1. The first-order valence-electron chi connectivity index (χ1n) is 7.13. The minimum Gasteiger partial charge on any atom is -0.425 e. The van der Waals surface area contributed by atoms with Crippen LogP contribution in [0.1, 0.15) is 23.6 Å². The number of rotatable bonds is 2. The molecule has 1 N–H and O–H groups in total. The molecule has 24 heavy (non-hydrogen) atoms. The molecule has 3 nitrogen and oxygen atoms in total. The second-order valence-corrected chi connectivity index (χ2v) is 5.73. The van der Waals surface area contributed by atoms with Gasteiger partial charge in [0.15, 0.2) is 0 Å². The lowest BCUT2D eigenvalue weighted by molar-refractivity contribution is -0.169. The Kier molecular flexibility index (Phi) is 3.72. The molecule has 3 rings (SSSR count). The smallest absolute Gasteiger partial charge is 0.342 e. The minimum atomic E-state index is -2.06. The Morgan fingerprint density at radius 1 is 1.04 bits per heavy atom. The Balaban J connectivity index is 2.34. The average Bonchev–Trinajstić information content (AvgIpc) is 2.68. The zero-order valence-corrected chi connectivity index (χ0v) is 12.9. The number of halogens is 3. The predicted molar refractivity (Wildman–Crippen MR) is 81.0 cm³/mol. The maximum absolute atomic E-state index is 14.1. The van der Waals surface area contributed by atoms with Crippen LogP contribution in [0.25, 0.3) is 11.1 Å². The van der Waals surface area contributed by atoms with Gasteiger partial charge in [0.2, 0.25) is 5.79 Å². The fraction of sp³-hybridized carbons (Fsp3) is 0.167. The highest BCUT2D eigenvalue weighted by Gasteiger charge is 2.45. The molecule has 0 amide bonds. The Morgan fingerprint density at radius 3 is 2.12 bits per heavy atom. The van der Waals surface area contributed by atoms with Gasteiger partial charge in [-0.3, -0.25) is 0 Å². The van der Waals surface area contributed by atoms with Gasteiger partial charge in [-0.15, -0.1) is 0 Å². The van der Waals surface area contributed by atoms with Crippen molar-refractivity contribution in [3.05, 3.63) is 70.5 Å². The molecule has 124 valence electrons. The summed E-state index contributed by atoms with van der Waals surface area (Å²) in [6.07, 6.45) is 0. The van der Waals surface area contributed by atoms with Crippen LogP contribution in [-0.4, -0.2) is 16.9 Å². The zero-order chi connectivity index (χ0) is 17.6. The second-order valence-electron chi connectivity index (χ2n) is 5.73. The Morgan fingerprint density at radius 2 is 1.58 bits per heavy atom. The van der Waals surface area contributed by atoms with E-state index in [0.717, 1.165) is 5.56 Å². The van der Waals surface area contributed by atoms with Gasteiger partial charge >= 0.3 is 5.97 Å². The molecule has 6 heteroatoms. The summed E-state index contributed by atoms with van der Waals surface area (Å²) in [5.74, 6) is -6.75. The number of hydrogen-bond donors (Lipinski definition) is 1. The van der Waals surface area contributed by atoms with Crippen molar-refractivity contribution in [2.75, 3.05) is 0 Å². The molecule has 1 aliphatic heterocycles. The molecule has 0 bridgehead atoms. The van der Waals surface area contributed by atoms with E-state index in [2.05, 4.69) is 0 Å². The van der Waals surface area contributed by atoms with E-state index in [1.807, 2.05) is 6.92 Å².